The summed E-state index contributed by atoms with van der Waals surface area (Å²) in [5.74, 6) is 0.321. The molecule has 2 aromatic carbocycles. The van der Waals surface area contributed by atoms with Gasteiger partial charge in [-0.05, 0) is 61.4 Å². The molecule has 1 aromatic heterocycles. The number of nitrogens with zero attached hydrogens (tertiary/aromatic N) is 3. The average Bonchev–Trinajstić information content (AvgIpc) is 3.11. The van der Waals surface area contributed by atoms with Crippen molar-refractivity contribution in [1.29, 1.82) is 0 Å². The van der Waals surface area contributed by atoms with Gasteiger partial charge in [0.25, 0.3) is 5.91 Å². The van der Waals surface area contributed by atoms with E-state index in [1.54, 1.807) is 18.5 Å². The summed E-state index contributed by atoms with van der Waals surface area (Å²) in [6, 6.07) is 12.5. The lowest BCUT2D eigenvalue weighted by Gasteiger charge is -2.33. The number of fused-ring (bicyclic) bond motifs is 3. The van der Waals surface area contributed by atoms with Crippen molar-refractivity contribution in [1.82, 2.24) is 9.55 Å². The van der Waals surface area contributed by atoms with Crippen LogP contribution in [0.3, 0.4) is 0 Å². The largest absolute Gasteiger partial charge is 0.364 e. The van der Waals surface area contributed by atoms with Crippen molar-refractivity contribution >= 4 is 11.6 Å². The highest BCUT2D eigenvalue weighted by atomic mass is 19.1. The third-order valence-corrected chi connectivity index (χ3v) is 6.27. The molecule has 6 heteroatoms. The number of aliphatic imine (C=N–C) groups is 1. The molecule has 1 aliphatic carbocycles. The Morgan fingerprint density at radius 2 is 1.90 bits per heavy atom. The zero-order chi connectivity index (χ0) is 21.0. The Labute approximate surface area is 174 Å². The molecule has 0 radical (unpaired) electrons. The van der Waals surface area contributed by atoms with Crippen LogP contribution in [0.1, 0.15) is 71.5 Å². The van der Waals surface area contributed by atoms with Crippen LogP contribution in [0.5, 0.6) is 0 Å². The minimum atomic E-state index is -0.596. The Morgan fingerprint density at radius 1 is 1.13 bits per heavy atom. The van der Waals surface area contributed by atoms with Crippen molar-refractivity contribution in [3.8, 4) is 5.69 Å². The topological polar surface area (TPSA) is 73.3 Å². The lowest BCUT2D eigenvalue weighted by molar-refractivity contribution is 0.0994. The number of hydrogen-bond acceptors (Lipinski definition) is 3. The van der Waals surface area contributed by atoms with E-state index < -0.39 is 11.9 Å². The second-order valence-corrected chi connectivity index (χ2v) is 8.40. The van der Waals surface area contributed by atoms with Crippen LogP contribution >= 0.6 is 0 Å². The van der Waals surface area contributed by atoms with Crippen LogP contribution in [0.15, 0.2) is 53.8 Å². The predicted molar refractivity (Wildman–Crippen MR) is 114 cm³/mol. The van der Waals surface area contributed by atoms with E-state index in [1.165, 1.54) is 11.6 Å². The lowest BCUT2D eigenvalue weighted by Crippen LogP contribution is -2.19. The molecular formula is C24H23FN4O. The maximum absolute atomic E-state index is 14.8. The van der Waals surface area contributed by atoms with Crippen molar-refractivity contribution < 1.29 is 9.18 Å². The van der Waals surface area contributed by atoms with Gasteiger partial charge in [0, 0.05) is 11.1 Å². The van der Waals surface area contributed by atoms with Gasteiger partial charge in [-0.1, -0.05) is 25.1 Å². The summed E-state index contributed by atoms with van der Waals surface area (Å²) in [5, 5.41) is 0. The van der Waals surface area contributed by atoms with Gasteiger partial charge >= 0.3 is 0 Å². The Kier molecular flexibility index (Phi) is 4.31. The van der Waals surface area contributed by atoms with E-state index in [2.05, 4.69) is 24.0 Å². The molecule has 0 spiro atoms. The Bertz CT molecular complexity index is 1190. The molecule has 30 heavy (non-hydrogen) atoms. The molecule has 1 amide bonds. The Hall–Kier alpha value is -3.28. The number of nitrogens with two attached hydrogens (primary N) is 1. The van der Waals surface area contributed by atoms with Gasteiger partial charge in [0.05, 0.1) is 23.1 Å². The van der Waals surface area contributed by atoms with E-state index in [0.717, 1.165) is 30.0 Å². The van der Waals surface area contributed by atoms with E-state index in [1.807, 2.05) is 23.6 Å². The number of carbonyl (C=O) groups is 1. The summed E-state index contributed by atoms with van der Waals surface area (Å²) in [6.45, 7) is 4.14. The number of aromatic nitrogens is 2. The fraction of sp³-hybridized carbons (Fsp3) is 0.292. The molecule has 1 atom stereocenters. The summed E-state index contributed by atoms with van der Waals surface area (Å²) in [6.07, 6.45) is 3.92. The van der Waals surface area contributed by atoms with Gasteiger partial charge in [-0.25, -0.2) is 9.37 Å². The van der Waals surface area contributed by atoms with Crippen molar-refractivity contribution in [2.45, 2.75) is 38.6 Å². The molecule has 152 valence electrons. The van der Waals surface area contributed by atoms with Crippen LogP contribution in [0.2, 0.25) is 0 Å². The fourth-order valence-electron chi connectivity index (χ4n) is 4.71. The number of amides is 1. The Morgan fingerprint density at radius 3 is 2.60 bits per heavy atom. The zero-order valence-electron chi connectivity index (χ0n) is 17.0. The highest BCUT2D eigenvalue weighted by Gasteiger charge is 2.31. The second kappa shape index (κ2) is 6.90. The molecule has 1 aliphatic heterocycles. The van der Waals surface area contributed by atoms with Crippen LogP contribution in [-0.2, 0) is 0 Å². The smallest absolute Gasteiger partial charge is 0.269 e. The molecule has 0 unspecified atom stereocenters. The van der Waals surface area contributed by atoms with Gasteiger partial charge in [0.1, 0.15) is 12.1 Å². The molecule has 0 bridgehead atoms. The molecule has 5 nitrogen and oxygen atoms in total. The number of halogens is 1. The lowest BCUT2D eigenvalue weighted by atomic mass is 9.72. The molecule has 3 aromatic rings. The van der Waals surface area contributed by atoms with E-state index in [9.17, 15) is 9.18 Å². The molecule has 2 N–H and O–H groups in total. The molecular weight excluding hydrogens is 379 g/mol. The van der Waals surface area contributed by atoms with Crippen molar-refractivity contribution in [2.75, 3.05) is 0 Å². The monoisotopic (exact) mass is 402 g/mol. The second-order valence-electron chi connectivity index (χ2n) is 8.40. The van der Waals surface area contributed by atoms with Gasteiger partial charge in [-0.2, -0.15) is 0 Å². The fourth-order valence-corrected chi connectivity index (χ4v) is 4.71. The number of carbonyl (C=O) groups excluding carboxylic acids is 1. The van der Waals surface area contributed by atoms with Gasteiger partial charge in [0.2, 0.25) is 0 Å². The van der Waals surface area contributed by atoms with Gasteiger partial charge in [-0.15, -0.1) is 0 Å². The van der Waals surface area contributed by atoms with Crippen molar-refractivity contribution in [3.05, 3.63) is 82.7 Å². The maximum Gasteiger partial charge on any atom is 0.269 e. The summed E-state index contributed by atoms with van der Waals surface area (Å²) in [5.41, 5.74) is 10.3. The minimum Gasteiger partial charge on any atom is -0.364 e. The summed E-state index contributed by atoms with van der Waals surface area (Å²) in [7, 11) is 0. The number of primary amides is 1. The summed E-state index contributed by atoms with van der Waals surface area (Å²) < 4.78 is 16.7. The molecule has 1 fully saturated rings. The third-order valence-electron chi connectivity index (χ3n) is 6.27. The maximum atomic E-state index is 14.8. The van der Waals surface area contributed by atoms with Gasteiger partial charge < -0.3 is 5.73 Å². The third kappa shape index (κ3) is 2.86. The minimum absolute atomic E-state index is 0.198. The number of rotatable bonds is 3. The molecule has 2 heterocycles. The highest BCUT2D eigenvalue weighted by Crippen LogP contribution is 2.43. The first-order valence-corrected chi connectivity index (χ1v) is 10.3. The predicted octanol–water partition coefficient (Wildman–Crippen LogP) is 4.54. The molecule has 1 saturated carbocycles. The van der Waals surface area contributed by atoms with Gasteiger partial charge in [0.15, 0.2) is 5.69 Å². The normalized spacial score (nSPS) is 22.4. The standard InChI is InChI=1S/C24H23FN4O/c1-13-9-16(10-13)15-7-8-20-18(11-15)21(17-5-3-4-6-19(17)25)28-14(2)23-22(24(26)30)27-12-29(20)23/h3-8,11-14,16H,9-10H2,1-2H3,(H2,26,30)/t13?,14-,16?/m0/s1. The highest BCUT2D eigenvalue weighted by molar-refractivity contribution is 6.15. The van der Waals surface area contributed by atoms with Crippen molar-refractivity contribution in [3.63, 3.8) is 0 Å². The SMILES string of the molecule is CC1CC(c2ccc3c(c2)C(c2ccccc2F)=N[C@@H](C)c2c(C(N)=O)ncn2-3)C1. The first-order valence-electron chi connectivity index (χ1n) is 10.3. The summed E-state index contributed by atoms with van der Waals surface area (Å²) in [4.78, 5) is 21.1. The molecule has 5 rings (SSSR count). The van der Waals surface area contributed by atoms with E-state index in [4.69, 9.17) is 10.7 Å². The van der Waals surface area contributed by atoms with Crippen LogP contribution in [0.4, 0.5) is 4.39 Å². The number of imidazole rings is 1. The average molecular weight is 402 g/mol. The molecule has 2 aliphatic rings. The van der Waals surface area contributed by atoms with Crippen LogP contribution < -0.4 is 5.73 Å². The molecule has 0 saturated heterocycles. The van der Waals surface area contributed by atoms with Crippen LogP contribution in [0.25, 0.3) is 5.69 Å². The van der Waals surface area contributed by atoms with Gasteiger partial charge in [-0.3, -0.25) is 14.4 Å². The first kappa shape index (κ1) is 18.7. The Balaban J connectivity index is 1.76. The van der Waals surface area contributed by atoms with E-state index in [-0.39, 0.29) is 11.5 Å². The number of hydrogen-bond donors (Lipinski definition) is 1. The van der Waals surface area contributed by atoms with Crippen LogP contribution in [0, 0.1) is 11.7 Å². The van der Waals surface area contributed by atoms with Crippen molar-refractivity contribution in [2.24, 2.45) is 16.6 Å². The quantitative estimate of drug-likeness (QED) is 0.699. The first-order chi connectivity index (χ1) is 14.4. The van der Waals surface area contributed by atoms with Crippen LogP contribution in [-0.4, -0.2) is 21.2 Å². The van der Waals surface area contributed by atoms with E-state index in [0.29, 0.717) is 22.9 Å². The number of benzene rings is 2. The van der Waals surface area contributed by atoms with E-state index >= 15 is 0 Å². The zero-order valence-corrected chi connectivity index (χ0v) is 17.0. The summed E-state index contributed by atoms with van der Waals surface area (Å²) >= 11 is 0.